The van der Waals surface area contributed by atoms with Gasteiger partial charge < -0.3 is 0 Å². The number of rotatable bonds is 4. The van der Waals surface area contributed by atoms with Crippen molar-refractivity contribution in [1.29, 1.82) is 0 Å². The second-order valence-electron chi connectivity index (χ2n) is 5.12. The standard InChI is InChI=1S/C16H10F8S/c17-11-3-1-5-13(9(11)7-15(19,20)21)25-14-6-2-4-12(18)10(14)8-16(22,23)24/h1-6H,7-8H2. The van der Waals surface area contributed by atoms with Gasteiger partial charge in [-0.15, -0.1) is 0 Å². The van der Waals surface area contributed by atoms with Gasteiger partial charge in [-0.05, 0) is 24.3 Å². The highest BCUT2D eigenvalue weighted by Crippen LogP contribution is 2.38. The minimum Gasteiger partial charge on any atom is -0.207 e. The van der Waals surface area contributed by atoms with Crippen LogP contribution in [0.5, 0.6) is 0 Å². The van der Waals surface area contributed by atoms with Crippen molar-refractivity contribution in [2.24, 2.45) is 0 Å². The van der Waals surface area contributed by atoms with Crippen LogP contribution in [0.2, 0.25) is 0 Å². The van der Waals surface area contributed by atoms with Crippen molar-refractivity contribution in [3.8, 4) is 0 Å². The molecule has 9 heteroatoms. The summed E-state index contributed by atoms with van der Waals surface area (Å²) in [4.78, 5) is -0.433. The summed E-state index contributed by atoms with van der Waals surface area (Å²) < 4.78 is 103. The number of alkyl halides is 6. The highest BCUT2D eigenvalue weighted by Gasteiger charge is 2.33. The monoisotopic (exact) mass is 386 g/mol. The first-order chi connectivity index (χ1) is 11.5. The Morgan fingerprint density at radius 1 is 0.640 bits per heavy atom. The van der Waals surface area contributed by atoms with Crippen LogP contribution in [0.25, 0.3) is 0 Å². The van der Waals surface area contributed by atoms with Crippen LogP contribution >= 0.6 is 11.8 Å². The average molecular weight is 386 g/mol. The van der Waals surface area contributed by atoms with E-state index < -0.39 is 48.0 Å². The molecule has 0 spiro atoms. The Morgan fingerprint density at radius 2 is 1.00 bits per heavy atom. The van der Waals surface area contributed by atoms with Crippen LogP contribution in [-0.2, 0) is 12.8 Å². The van der Waals surface area contributed by atoms with Gasteiger partial charge in [-0.2, -0.15) is 26.3 Å². The highest BCUT2D eigenvalue weighted by atomic mass is 32.2. The maximum absolute atomic E-state index is 13.8. The Hall–Kier alpha value is -1.77. The van der Waals surface area contributed by atoms with Crippen molar-refractivity contribution in [3.63, 3.8) is 0 Å². The predicted octanol–water partition coefficient (Wildman–Crippen LogP) is 6.33. The molecule has 0 fully saturated rings. The molecule has 0 radical (unpaired) electrons. The minimum absolute atomic E-state index is 0.216. The van der Waals surface area contributed by atoms with Crippen LogP contribution in [0.4, 0.5) is 35.1 Å². The van der Waals surface area contributed by atoms with Gasteiger partial charge in [0.05, 0.1) is 12.8 Å². The molecule has 0 bridgehead atoms. The molecule has 136 valence electrons. The third-order valence-corrected chi connectivity index (χ3v) is 4.33. The SMILES string of the molecule is Fc1cccc(Sc2cccc(F)c2CC(F)(F)F)c1CC(F)(F)F. The summed E-state index contributed by atoms with van der Waals surface area (Å²) in [6.07, 6.45) is -12.6. The Labute approximate surface area is 141 Å². The second kappa shape index (κ2) is 7.23. The Morgan fingerprint density at radius 3 is 1.32 bits per heavy atom. The molecule has 0 nitrogen and oxygen atoms in total. The second-order valence-corrected chi connectivity index (χ2v) is 6.20. The van der Waals surface area contributed by atoms with Crippen molar-refractivity contribution in [3.05, 3.63) is 59.2 Å². The maximum atomic E-state index is 13.8. The lowest BCUT2D eigenvalue weighted by Gasteiger charge is -2.15. The first-order valence-electron chi connectivity index (χ1n) is 6.82. The summed E-state index contributed by atoms with van der Waals surface area (Å²) in [5.74, 6) is -2.26. The van der Waals surface area contributed by atoms with E-state index in [0.29, 0.717) is 11.8 Å². The summed E-state index contributed by atoms with van der Waals surface area (Å²) in [6, 6.07) is 6.23. The molecule has 0 heterocycles. The molecule has 25 heavy (non-hydrogen) atoms. The van der Waals surface area contributed by atoms with E-state index in [1.54, 1.807) is 0 Å². The van der Waals surface area contributed by atoms with E-state index in [2.05, 4.69) is 0 Å². The van der Waals surface area contributed by atoms with Gasteiger partial charge >= 0.3 is 12.4 Å². The zero-order valence-corrected chi connectivity index (χ0v) is 13.1. The van der Waals surface area contributed by atoms with Gasteiger partial charge in [0.15, 0.2) is 0 Å². The first kappa shape index (κ1) is 19.6. The molecular formula is C16H10F8S. The summed E-state index contributed by atoms with van der Waals surface area (Å²) in [5.41, 5.74) is -1.38. The number of hydrogen-bond donors (Lipinski definition) is 0. The van der Waals surface area contributed by atoms with Crippen LogP contribution in [0.15, 0.2) is 46.2 Å². The molecule has 0 amide bonds. The summed E-state index contributed by atoms with van der Waals surface area (Å²) in [7, 11) is 0. The topological polar surface area (TPSA) is 0 Å². The van der Waals surface area contributed by atoms with Crippen molar-refractivity contribution >= 4 is 11.8 Å². The molecule has 2 aromatic carbocycles. The van der Waals surface area contributed by atoms with E-state index in [4.69, 9.17) is 0 Å². The fourth-order valence-corrected chi connectivity index (χ4v) is 3.25. The molecule has 0 atom stereocenters. The van der Waals surface area contributed by atoms with Crippen LogP contribution < -0.4 is 0 Å². The molecule has 0 saturated heterocycles. The minimum atomic E-state index is -4.70. The first-order valence-corrected chi connectivity index (χ1v) is 7.64. The van der Waals surface area contributed by atoms with Crippen molar-refractivity contribution in [1.82, 2.24) is 0 Å². The molecule has 0 saturated carbocycles. The molecule has 0 aliphatic heterocycles. The third-order valence-electron chi connectivity index (χ3n) is 3.13. The van der Waals surface area contributed by atoms with E-state index in [0.717, 1.165) is 36.4 Å². The van der Waals surface area contributed by atoms with Crippen LogP contribution in [0, 0.1) is 11.6 Å². The smallest absolute Gasteiger partial charge is 0.207 e. The average Bonchev–Trinajstić information content (AvgIpc) is 2.44. The zero-order valence-electron chi connectivity index (χ0n) is 12.3. The van der Waals surface area contributed by atoms with Crippen LogP contribution in [0.1, 0.15) is 11.1 Å². The normalized spacial score (nSPS) is 12.5. The third kappa shape index (κ3) is 5.62. The van der Waals surface area contributed by atoms with Crippen molar-refractivity contribution in [2.75, 3.05) is 0 Å². The molecule has 0 aliphatic carbocycles. The molecule has 0 aliphatic rings. The quantitative estimate of drug-likeness (QED) is 0.554. The Kier molecular flexibility index (Phi) is 5.65. The fraction of sp³-hybridized carbons (Fsp3) is 0.250. The zero-order chi connectivity index (χ0) is 18.8. The van der Waals surface area contributed by atoms with Crippen molar-refractivity contribution < 1.29 is 35.1 Å². The van der Waals surface area contributed by atoms with Gasteiger partial charge in [0.1, 0.15) is 11.6 Å². The summed E-state index contributed by atoms with van der Waals surface area (Å²) in [5, 5.41) is 0. The summed E-state index contributed by atoms with van der Waals surface area (Å²) in [6.45, 7) is 0. The molecular weight excluding hydrogens is 376 g/mol. The molecule has 2 aromatic rings. The van der Waals surface area contributed by atoms with E-state index in [9.17, 15) is 35.1 Å². The summed E-state index contributed by atoms with van der Waals surface area (Å²) >= 11 is 0.471. The van der Waals surface area contributed by atoms with Gasteiger partial charge in [0.2, 0.25) is 0 Å². The van der Waals surface area contributed by atoms with E-state index in [-0.39, 0.29) is 9.79 Å². The molecule has 0 N–H and O–H groups in total. The largest absolute Gasteiger partial charge is 0.393 e. The van der Waals surface area contributed by atoms with E-state index in [1.807, 2.05) is 0 Å². The Balaban J connectivity index is 2.44. The van der Waals surface area contributed by atoms with Gasteiger partial charge in [-0.3, -0.25) is 0 Å². The van der Waals surface area contributed by atoms with E-state index >= 15 is 0 Å². The molecule has 2 rings (SSSR count). The predicted molar refractivity (Wildman–Crippen MR) is 76.4 cm³/mol. The lowest BCUT2D eigenvalue weighted by Crippen LogP contribution is -2.14. The van der Waals surface area contributed by atoms with Gasteiger partial charge in [0.25, 0.3) is 0 Å². The lowest BCUT2D eigenvalue weighted by molar-refractivity contribution is -0.128. The van der Waals surface area contributed by atoms with Crippen molar-refractivity contribution in [2.45, 2.75) is 35.0 Å². The Bertz CT molecular complexity index is 685. The van der Waals surface area contributed by atoms with Gasteiger partial charge in [0, 0.05) is 20.9 Å². The van der Waals surface area contributed by atoms with E-state index in [1.165, 1.54) is 0 Å². The fourth-order valence-electron chi connectivity index (χ4n) is 2.13. The highest BCUT2D eigenvalue weighted by molar-refractivity contribution is 7.99. The van der Waals surface area contributed by atoms with Crippen LogP contribution in [-0.4, -0.2) is 12.4 Å². The lowest BCUT2D eigenvalue weighted by atomic mass is 10.1. The molecule has 0 unspecified atom stereocenters. The molecule has 0 aromatic heterocycles. The van der Waals surface area contributed by atoms with Gasteiger partial charge in [-0.1, -0.05) is 23.9 Å². The van der Waals surface area contributed by atoms with Gasteiger partial charge in [-0.25, -0.2) is 8.78 Å². The number of hydrogen-bond acceptors (Lipinski definition) is 1. The maximum Gasteiger partial charge on any atom is 0.393 e. The van der Waals surface area contributed by atoms with Crippen LogP contribution in [0.3, 0.4) is 0 Å². The number of halogens is 8. The number of benzene rings is 2.